The molecule has 0 aliphatic carbocycles. The van der Waals surface area contributed by atoms with Crippen molar-refractivity contribution in [1.29, 1.82) is 0 Å². The predicted molar refractivity (Wildman–Crippen MR) is 143 cm³/mol. The predicted octanol–water partition coefficient (Wildman–Crippen LogP) is 3.85. The summed E-state index contributed by atoms with van der Waals surface area (Å²) in [6, 6.07) is 15.2. The molecule has 0 radical (unpaired) electrons. The average molecular weight is 525 g/mol. The first-order valence-electron chi connectivity index (χ1n) is 12.6. The minimum atomic E-state index is -2.66. The van der Waals surface area contributed by atoms with Crippen molar-refractivity contribution in [1.82, 2.24) is 15.0 Å². The highest BCUT2D eigenvalue weighted by Gasteiger charge is 2.46. The van der Waals surface area contributed by atoms with E-state index in [1.807, 2.05) is 67.8 Å². The SMILES string of the molecule is CO[C@@H]1c2cc(N(C=O)c3ccccc3)ccc2O[C@H](C(CCn2cc(CCO)nn2)[Si](C)(C)O)[C@H]1C. The number of hydrogen-bond donors (Lipinski definition) is 2. The van der Waals surface area contributed by atoms with Gasteiger partial charge in [0.15, 0.2) is 8.32 Å². The number of para-hydroxylation sites is 1. The number of aromatic nitrogens is 3. The van der Waals surface area contributed by atoms with Gasteiger partial charge in [0.2, 0.25) is 6.41 Å². The Hall–Kier alpha value is -3.05. The monoisotopic (exact) mass is 524 g/mol. The average Bonchev–Trinajstić information content (AvgIpc) is 3.32. The first-order chi connectivity index (χ1) is 17.8. The standard InChI is InChI=1S/C27H36N4O5Si/c1-19-26(35-2)23-16-22(31(18-33)21-8-6-5-7-9-21)10-11-24(23)36-27(19)25(37(3,4)34)12-14-30-17-20(13-15-32)28-29-30/h5-11,16-19,25-27,32,34H,12-15H2,1-4H3/t19-,25?,26-,27-/m0/s1. The number of hydrogen-bond acceptors (Lipinski definition) is 7. The van der Waals surface area contributed by atoms with Crippen LogP contribution in [0.15, 0.2) is 54.7 Å². The molecule has 2 heterocycles. The summed E-state index contributed by atoms with van der Waals surface area (Å²) in [4.78, 5) is 24.9. The number of carbonyl (C=O) groups is 1. The van der Waals surface area contributed by atoms with Crippen LogP contribution >= 0.6 is 0 Å². The van der Waals surface area contributed by atoms with Crippen molar-refractivity contribution in [3.63, 3.8) is 0 Å². The lowest BCUT2D eigenvalue weighted by Gasteiger charge is -2.44. The molecular weight excluding hydrogens is 488 g/mol. The van der Waals surface area contributed by atoms with Gasteiger partial charge in [-0.2, -0.15) is 0 Å². The maximum Gasteiger partial charge on any atom is 0.218 e. The maximum absolute atomic E-state index is 12.0. The Kier molecular flexibility index (Phi) is 8.43. The van der Waals surface area contributed by atoms with E-state index in [9.17, 15) is 9.59 Å². The number of aliphatic hydroxyl groups is 1. The van der Waals surface area contributed by atoms with Crippen LogP contribution in [-0.4, -0.2) is 59.4 Å². The second-order valence-electron chi connectivity index (χ2n) is 10.1. The van der Waals surface area contributed by atoms with E-state index < -0.39 is 8.32 Å². The Bertz CT molecular complexity index is 1180. The fraction of sp³-hybridized carbons (Fsp3) is 0.444. The molecule has 1 aromatic heterocycles. The molecule has 4 atom stereocenters. The van der Waals surface area contributed by atoms with Crippen LogP contribution in [0.2, 0.25) is 18.6 Å². The molecule has 2 N–H and O–H groups in total. The van der Waals surface area contributed by atoms with Crippen LogP contribution in [0.5, 0.6) is 5.75 Å². The number of aliphatic hydroxyl groups excluding tert-OH is 1. The molecule has 1 aliphatic heterocycles. The van der Waals surface area contributed by atoms with Crippen LogP contribution in [0, 0.1) is 5.92 Å². The van der Waals surface area contributed by atoms with Crippen molar-refractivity contribution < 1.29 is 24.2 Å². The van der Waals surface area contributed by atoms with Gasteiger partial charge in [-0.15, -0.1) is 5.10 Å². The molecular formula is C27H36N4O5Si. The second-order valence-corrected chi connectivity index (χ2v) is 14.2. The summed E-state index contributed by atoms with van der Waals surface area (Å²) in [5.41, 5.74) is 3.04. The molecule has 10 heteroatoms. The summed E-state index contributed by atoms with van der Waals surface area (Å²) in [5, 5.41) is 17.4. The molecule has 0 saturated carbocycles. The number of ether oxygens (including phenoxy) is 2. The summed E-state index contributed by atoms with van der Waals surface area (Å²) in [5.74, 6) is 0.658. The van der Waals surface area contributed by atoms with Gasteiger partial charge in [-0.05, 0) is 49.8 Å². The van der Waals surface area contributed by atoms with E-state index in [1.165, 1.54) is 0 Å². The van der Waals surface area contributed by atoms with Crippen molar-refractivity contribution >= 4 is 26.1 Å². The maximum atomic E-state index is 12.0. The molecule has 0 fully saturated rings. The first kappa shape index (κ1) is 27.0. The Labute approximate surface area is 218 Å². The Morgan fingerprint density at radius 3 is 2.62 bits per heavy atom. The zero-order chi connectivity index (χ0) is 26.6. The summed E-state index contributed by atoms with van der Waals surface area (Å²) < 4.78 is 14.3. The molecule has 1 unspecified atom stereocenters. The van der Waals surface area contributed by atoms with E-state index >= 15 is 0 Å². The van der Waals surface area contributed by atoms with Gasteiger partial charge in [0.1, 0.15) is 11.9 Å². The lowest BCUT2D eigenvalue weighted by Crippen LogP contribution is -2.48. The summed E-state index contributed by atoms with van der Waals surface area (Å²) in [6.07, 6.45) is 3.26. The second kappa shape index (κ2) is 11.6. The highest BCUT2D eigenvalue weighted by Crippen LogP contribution is 2.47. The minimum absolute atomic E-state index is 0.0286. The smallest absolute Gasteiger partial charge is 0.218 e. The molecule has 1 amide bonds. The number of aryl methyl sites for hydroxylation is 1. The molecule has 0 spiro atoms. The number of nitrogens with zero attached hydrogens (tertiary/aromatic N) is 4. The topological polar surface area (TPSA) is 110 Å². The molecule has 3 aromatic rings. The van der Waals surface area contributed by atoms with Gasteiger partial charge < -0.3 is 19.4 Å². The van der Waals surface area contributed by atoms with E-state index in [2.05, 4.69) is 17.2 Å². The Morgan fingerprint density at radius 2 is 1.97 bits per heavy atom. The fourth-order valence-electron chi connectivity index (χ4n) is 5.24. The van der Waals surface area contributed by atoms with Crippen molar-refractivity contribution in [2.45, 2.75) is 57.2 Å². The van der Waals surface area contributed by atoms with Gasteiger partial charge in [0.05, 0.1) is 11.8 Å². The lowest BCUT2D eigenvalue weighted by atomic mass is 9.86. The normalized spacial score (nSPS) is 20.1. The lowest BCUT2D eigenvalue weighted by molar-refractivity contribution is -0.106. The highest BCUT2D eigenvalue weighted by molar-refractivity contribution is 6.71. The highest BCUT2D eigenvalue weighted by atomic mass is 28.4. The van der Waals surface area contributed by atoms with Gasteiger partial charge in [-0.1, -0.05) is 30.3 Å². The van der Waals surface area contributed by atoms with Gasteiger partial charge in [-0.3, -0.25) is 14.4 Å². The number of rotatable bonds is 11. The molecule has 0 saturated heterocycles. The zero-order valence-corrected chi connectivity index (χ0v) is 22.8. The molecule has 0 bridgehead atoms. The van der Waals surface area contributed by atoms with E-state index in [1.54, 1.807) is 16.7 Å². The molecule has 9 nitrogen and oxygen atoms in total. The van der Waals surface area contributed by atoms with Crippen LogP contribution < -0.4 is 9.64 Å². The largest absolute Gasteiger partial charge is 0.490 e. The van der Waals surface area contributed by atoms with Gasteiger partial charge in [-0.25, -0.2) is 0 Å². The van der Waals surface area contributed by atoms with Crippen LogP contribution in [0.25, 0.3) is 0 Å². The number of fused-ring (bicyclic) bond motifs is 1. The van der Waals surface area contributed by atoms with Crippen LogP contribution in [0.1, 0.15) is 30.7 Å². The third kappa shape index (κ3) is 5.93. The molecule has 1 aliphatic rings. The van der Waals surface area contributed by atoms with Crippen molar-refractivity contribution in [2.24, 2.45) is 5.92 Å². The third-order valence-corrected chi connectivity index (χ3v) is 9.59. The zero-order valence-electron chi connectivity index (χ0n) is 21.8. The molecule has 198 valence electrons. The van der Waals surface area contributed by atoms with E-state index in [0.29, 0.717) is 25.1 Å². The van der Waals surface area contributed by atoms with Crippen molar-refractivity contribution in [3.05, 3.63) is 66.0 Å². The molecule has 37 heavy (non-hydrogen) atoms. The van der Waals surface area contributed by atoms with Crippen LogP contribution in [0.4, 0.5) is 11.4 Å². The van der Waals surface area contributed by atoms with E-state index in [-0.39, 0.29) is 30.3 Å². The third-order valence-electron chi connectivity index (χ3n) is 7.16. The van der Waals surface area contributed by atoms with Crippen LogP contribution in [0.3, 0.4) is 0 Å². The van der Waals surface area contributed by atoms with E-state index in [4.69, 9.17) is 14.6 Å². The number of methoxy groups -OCH3 is 1. The minimum Gasteiger partial charge on any atom is -0.490 e. The van der Waals surface area contributed by atoms with Gasteiger partial charge in [0.25, 0.3) is 0 Å². The number of anilines is 2. The molecule has 2 aromatic carbocycles. The Morgan fingerprint density at radius 1 is 1.22 bits per heavy atom. The van der Waals surface area contributed by atoms with Gasteiger partial charge >= 0.3 is 0 Å². The van der Waals surface area contributed by atoms with Crippen molar-refractivity contribution in [2.75, 3.05) is 18.6 Å². The summed E-state index contributed by atoms with van der Waals surface area (Å²) in [6.45, 7) is 6.58. The summed E-state index contributed by atoms with van der Waals surface area (Å²) in [7, 11) is -0.973. The van der Waals surface area contributed by atoms with E-state index in [0.717, 1.165) is 29.0 Å². The fourth-order valence-corrected chi connectivity index (χ4v) is 7.25. The summed E-state index contributed by atoms with van der Waals surface area (Å²) >= 11 is 0. The molecule has 4 rings (SSSR count). The quantitative estimate of drug-likeness (QED) is 0.290. The first-order valence-corrected chi connectivity index (χ1v) is 15.6. The Balaban J connectivity index is 1.60. The number of amides is 1. The van der Waals surface area contributed by atoms with Crippen molar-refractivity contribution in [3.8, 4) is 5.75 Å². The van der Waals surface area contributed by atoms with Crippen LogP contribution in [-0.2, 0) is 22.5 Å². The number of carbonyl (C=O) groups excluding carboxylic acids is 1. The number of benzene rings is 2. The van der Waals surface area contributed by atoms with Gasteiger partial charge in [0, 0.05) is 61.3 Å².